The minimum absolute atomic E-state index is 0.0306. The topological polar surface area (TPSA) is 75.7 Å². The SMILES string of the molecule is Cc1ccc(S(=O)(=O)N2CCC(NC(=O)C3CCOCC3)CC2)cc1. The average molecular weight is 366 g/mol. The van der Waals surface area contributed by atoms with Crippen LogP contribution >= 0.6 is 0 Å². The fourth-order valence-electron chi connectivity index (χ4n) is 3.38. The van der Waals surface area contributed by atoms with Crippen LogP contribution in [0.5, 0.6) is 0 Å². The number of aryl methyl sites for hydroxylation is 1. The highest BCUT2D eigenvalue weighted by molar-refractivity contribution is 7.89. The van der Waals surface area contributed by atoms with E-state index in [-0.39, 0.29) is 17.9 Å². The molecule has 0 saturated carbocycles. The smallest absolute Gasteiger partial charge is 0.243 e. The standard InChI is InChI=1S/C18H26N2O4S/c1-14-2-4-17(5-3-14)25(22,23)20-10-6-16(7-11-20)19-18(21)15-8-12-24-13-9-15/h2-5,15-16H,6-13H2,1H3,(H,19,21). The molecule has 0 spiro atoms. The molecule has 138 valence electrons. The van der Waals surface area contributed by atoms with Crippen LogP contribution in [0.25, 0.3) is 0 Å². The first kappa shape index (κ1) is 18.4. The summed E-state index contributed by atoms with van der Waals surface area (Å²) < 4.78 is 32.2. The zero-order chi connectivity index (χ0) is 17.9. The van der Waals surface area contributed by atoms with Crippen LogP contribution in [0.15, 0.2) is 29.2 Å². The normalized spacial score (nSPS) is 21.2. The molecule has 0 atom stereocenters. The van der Waals surface area contributed by atoms with Crippen LogP contribution in [0.3, 0.4) is 0 Å². The minimum atomic E-state index is -3.45. The van der Waals surface area contributed by atoms with Gasteiger partial charge in [0.2, 0.25) is 15.9 Å². The third-order valence-electron chi connectivity index (χ3n) is 5.05. The third-order valence-corrected chi connectivity index (χ3v) is 6.96. The number of carbonyl (C=O) groups excluding carboxylic acids is 1. The van der Waals surface area contributed by atoms with Crippen molar-refractivity contribution in [2.24, 2.45) is 5.92 Å². The molecule has 2 fully saturated rings. The van der Waals surface area contributed by atoms with E-state index in [0.29, 0.717) is 44.0 Å². The van der Waals surface area contributed by atoms with Crippen LogP contribution in [0, 0.1) is 12.8 Å². The first-order valence-electron chi connectivity index (χ1n) is 8.92. The highest BCUT2D eigenvalue weighted by Gasteiger charge is 2.31. The first-order valence-corrected chi connectivity index (χ1v) is 10.4. The van der Waals surface area contributed by atoms with E-state index < -0.39 is 10.0 Å². The van der Waals surface area contributed by atoms with E-state index >= 15 is 0 Å². The molecular weight excluding hydrogens is 340 g/mol. The number of sulfonamides is 1. The molecule has 1 aromatic carbocycles. The van der Waals surface area contributed by atoms with E-state index in [1.807, 2.05) is 19.1 Å². The molecule has 0 radical (unpaired) electrons. The van der Waals surface area contributed by atoms with E-state index in [1.165, 1.54) is 4.31 Å². The average Bonchev–Trinajstić information content (AvgIpc) is 2.63. The minimum Gasteiger partial charge on any atom is -0.381 e. The van der Waals surface area contributed by atoms with E-state index in [2.05, 4.69) is 5.32 Å². The van der Waals surface area contributed by atoms with Gasteiger partial charge >= 0.3 is 0 Å². The van der Waals surface area contributed by atoms with Gasteiger partial charge in [-0.25, -0.2) is 8.42 Å². The Kier molecular flexibility index (Phi) is 5.76. The Morgan fingerprint density at radius 3 is 2.28 bits per heavy atom. The monoisotopic (exact) mass is 366 g/mol. The van der Waals surface area contributed by atoms with Crippen molar-refractivity contribution >= 4 is 15.9 Å². The van der Waals surface area contributed by atoms with Gasteiger partial charge < -0.3 is 10.1 Å². The zero-order valence-corrected chi connectivity index (χ0v) is 15.4. The number of piperidine rings is 1. The molecule has 1 amide bonds. The molecule has 0 bridgehead atoms. The molecule has 6 nitrogen and oxygen atoms in total. The predicted octanol–water partition coefficient (Wildman–Crippen LogP) is 1.69. The lowest BCUT2D eigenvalue weighted by atomic mass is 9.98. The molecule has 0 aromatic heterocycles. The molecule has 1 aromatic rings. The fraction of sp³-hybridized carbons (Fsp3) is 0.611. The van der Waals surface area contributed by atoms with Crippen LogP contribution in [0.1, 0.15) is 31.2 Å². The predicted molar refractivity (Wildman–Crippen MR) is 94.6 cm³/mol. The van der Waals surface area contributed by atoms with E-state index in [4.69, 9.17) is 4.74 Å². The molecule has 7 heteroatoms. The van der Waals surface area contributed by atoms with Gasteiger partial charge in [0.25, 0.3) is 0 Å². The van der Waals surface area contributed by atoms with Crippen molar-refractivity contribution < 1.29 is 17.9 Å². The Labute approximate surface area is 149 Å². The highest BCUT2D eigenvalue weighted by Crippen LogP contribution is 2.22. The van der Waals surface area contributed by atoms with Crippen LogP contribution in [-0.2, 0) is 19.6 Å². The zero-order valence-electron chi connectivity index (χ0n) is 14.6. The second-order valence-corrected chi connectivity index (χ2v) is 8.82. The maximum atomic E-state index is 12.7. The third kappa shape index (κ3) is 4.40. The first-order chi connectivity index (χ1) is 12.0. The van der Waals surface area contributed by atoms with Gasteiger partial charge in [0.15, 0.2) is 0 Å². The molecule has 3 rings (SSSR count). The molecule has 2 heterocycles. The number of benzene rings is 1. The molecule has 25 heavy (non-hydrogen) atoms. The van der Waals surface area contributed by atoms with E-state index in [9.17, 15) is 13.2 Å². The van der Waals surface area contributed by atoms with Crippen molar-refractivity contribution in [1.82, 2.24) is 9.62 Å². The van der Waals surface area contributed by atoms with Gasteiger partial charge in [-0.3, -0.25) is 4.79 Å². The Bertz CT molecular complexity index is 688. The number of rotatable bonds is 4. The Balaban J connectivity index is 1.54. The number of carbonyl (C=O) groups is 1. The molecule has 1 N–H and O–H groups in total. The van der Waals surface area contributed by atoms with Gasteiger partial charge in [0, 0.05) is 38.3 Å². The summed E-state index contributed by atoms with van der Waals surface area (Å²) in [4.78, 5) is 12.6. The number of nitrogens with zero attached hydrogens (tertiary/aromatic N) is 1. The number of nitrogens with one attached hydrogen (secondary N) is 1. The van der Waals surface area contributed by atoms with Gasteiger partial charge in [-0.15, -0.1) is 0 Å². The molecule has 2 saturated heterocycles. The Morgan fingerprint density at radius 1 is 1.08 bits per heavy atom. The van der Waals surface area contributed by atoms with Crippen molar-refractivity contribution in [1.29, 1.82) is 0 Å². The molecule has 0 unspecified atom stereocenters. The molecular formula is C18H26N2O4S. The molecule has 0 aliphatic carbocycles. The van der Waals surface area contributed by atoms with Gasteiger partial charge in [0.05, 0.1) is 4.90 Å². The van der Waals surface area contributed by atoms with Gasteiger partial charge in [-0.2, -0.15) is 4.31 Å². The van der Waals surface area contributed by atoms with Crippen molar-refractivity contribution in [2.75, 3.05) is 26.3 Å². The second-order valence-electron chi connectivity index (χ2n) is 6.89. The highest BCUT2D eigenvalue weighted by atomic mass is 32.2. The lowest BCUT2D eigenvalue weighted by Crippen LogP contribution is -2.48. The quantitative estimate of drug-likeness (QED) is 0.880. The molecule has 2 aliphatic rings. The summed E-state index contributed by atoms with van der Waals surface area (Å²) >= 11 is 0. The number of hydrogen-bond donors (Lipinski definition) is 1. The van der Waals surface area contributed by atoms with Crippen molar-refractivity contribution in [2.45, 2.75) is 43.5 Å². The van der Waals surface area contributed by atoms with Crippen molar-refractivity contribution in [3.8, 4) is 0 Å². The largest absolute Gasteiger partial charge is 0.381 e. The maximum absolute atomic E-state index is 12.7. The summed E-state index contributed by atoms with van der Waals surface area (Å²) in [5.41, 5.74) is 1.04. The van der Waals surface area contributed by atoms with Gasteiger partial charge in [-0.05, 0) is 44.7 Å². The number of ether oxygens (including phenoxy) is 1. The van der Waals surface area contributed by atoms with Crippen LogP contribution in [0.2, 0.25) is 0 Å². The Hall–Kier alpha value is -1.44. The second kappa shape index (κ2) is 7.85. The van der Waals surface area contributed by atoms with E-state index in [1.54, 1.807) is 12.1 Å². The van der Waals surface area contributed by atoms with Crippen molar-refractivity contribution in [3.05, 3.63) is 29.8 Å². The van der Waals surface area contributed by atoms with Gasteiger partial charge in [0.1, 0.15) is 0 Å². The van der Waals surface area contributed by atoms with E-state index in [0.717, 1.165) is 18.4 Å². The van der Waals surface area contributed by atoms with Crippen molar-refractivity contribution in [3.63, 3.8) is 0 Å². The lowest BCUT2D eigenvalue weighted by Gasteiger charge is -2.32. The number of hydrogen-bond acceptors (Lipinski definition) is 4. The maximum Gasteiger partial charge on any atom is 0.243 e. The summed E-state index contributed by atoms with van der Waals surface area (Å²) in [5.74, 6) is 0.117. The summed E-state index contributed by atoms with van der Waals surface area (Å²) in [6, 6.07) is 6.99. The Morgan fingerprint density at radius 2 is 1.68 bits per heavy atom. The van der Waals surface area contributed by atoms with Crippen LogP contribution < -0.4 is 5.32 Å². The summed E-state index contributed by atoms with van der Waals surface area (Å²) in [6.45, 7) is 4.10. The molecule has 2 aliphatic heterocycles. The van der Waals surface area contributed by atoms with Gasteiger partial charge in [-0.1, -0.05) is 17.7 Å². The lowest BCUT2D eigenvalue weighted by molar-refractivity contribution is -0.128. The summed E-state index contributed by atoms with van der Waals surface area (Å²) in [6.07, 6.45) is 2.85. The summed E-state index contributed by atoms with van der Waals surface area (Å²) in [5, 5.41) is 3.09. The summed E-state index contributed by atoms with van der Waals surface area (Å²) in [7, 11) is -3.45. The fourth-order valence-corrected chi connectivity index (χ4v) is 4.85. The van der Waals surface area contributed by atoms with Crippen LogP contribution in [-0.4, -0.2) is 51.0 Å². The van der Waals surface area contributed by atoms with Crippen LogP contribution in [0.4, 0.5) is 0 Å². The number of amides is 1.